The van der Waals surface area contributed by atoms with Crippen molar-refractivity contribution in [2.75, 3.05) is 11.5 Å². The van der Waals surface area contributed by atoms with Crippen molar-refractivity contribution in [1.29, 1.82) is 0 Å². The van der Waals surface area contributed by atoms with Gasteiger partial charge in [0.15, 0.2) is 0 Å². The van der Waals surface area contributed by atoms with E-state index in [0.29, 0.717) is 5.56 Å². The van der Waals surface area contributed by atoms with E-state index in [1.807, 2.05) is 20.8 Å². The lowest BCUT2D eigenvalue weighted by atomic mass is 9.85. The molecule has 1 aromatic rings. The molecule has 0 radical (unpaired) electrons. The highest BCUT2D eigenvalue weighted by molar-refractivity contribution is 7.99. The summed E-state index contributed by atoms with van der Waals surface area (Å²) in [4.78, 5) is 0. The van der Waals surface area contributed by atoms with E-state index < -0.39 is 0 Å². The van der Waals surface area contributed by atoms with E-state index in [0.717, 1.165) is 5.56 Å². The SMILES string of the molecule is CCCCCCCCCCCCSCCCC.Cc1cc(O)c(C(C)(C)C)cc1O. The van der Waals surface area contributed by atoms with Crippen molar-refractivity contribution < 1.29 is 10.2 Å². The van der Waals surface area contributed by atoms with Crippen LogP contribution in [0.15, 0.2) is 12.1 Å². The van der Waals surface area contributed by atoms with E-state index in [-0.39, 0.29) is 16.9 Å². The minimum atomic E-state index is -0.144. The number of benzene rings is 1. The molecule has 0 atom stereocenters. The van der Waals surface area contributed by atoms with Gasteiger partial charge in [0.2, 0.25) is 0 Å². The van der Waals surface area contributed by atoms with Crippen LogP contribution < -0.4 is 0 Å². The zero-order valence-corrected chi connectivity index (χ0v) is 21.7. The summed E-state index contributed by atoms with van der Waals surface area (Å²) in [5.74, 6) is 3.27. The number of phenols is 2. The maximum Gasteiger partial charge on any atom is 0.119 e. The van der Waals surface area contributed by atoms with Crippen LogP contribution in [-0.4, -0.2) is 21.7 Å². The molecule has 0 aliphatic heterocycles. The molecule has 0 fully saturated rings. The molecule has 2 nitrogen and oxygen atoms in total. The van der Waals surface area contributed by atoms with Crippen LogP contribution in [0, 0.1) is 6.92 Å². The van der Waals surface area contributed by atoms with E-state index in [2.05, 4.69) is 25.6 Å². The van der Waals surface area contributed by atoms with Crippen LogP contribution in [0.1, 0.15) is 123 Å². The van der Waals surface area contributed by atoms with Crippen molar-refractivity contribution in [2.45, 2.75) is 124 Å². The predicted molar refractivity (Wildman–Crippen MR) is 137 cm³/mol. The molecule has 30 heavy (non-hydrogen) atoms. The monoisotopic (exact) mass is 438 g/mol. The molecule has 0 saturated carbocycles. The average molecular weight is 439 g/mol. The van der Waals surface area contributed by atoms with Crippen LogP contribution in [0.2, 0.25) is 0 Å². The molecule has 0 aliphatic rings. The Morgan fingerprint density at radius 3 is 1.63 bits per heavy atom. The van der Waals surface area contributed by atoms with Gasteiger partial charge in [0.05, 0.1) is 0 Å². The molecule has 0 amide bonds. The summed E-state index contributed by atoms with van der Waals surface area (Å²) in [5.41, 5.74) is 1.33. The van der Waals surface area contributed by atoms with Gasteiger partial charge in [-0.25, -0.2) is 0 Å². The molecule has 0 saturated heterocycles. The number of hydrogen-bond acceptors (Lipinski definition) is 3. The third-order valence-corrected chi connectivity index (χ3v) is 6.56. The molecule has 0 spiro atoms. The van der Waals surface area contributed by atoms with Crippen molar-refractivity contribution in [3.63, 3.8) is 0 Å². The molecule has 0 aliphatic carbocycles. The van der Waals surface area contributed by atoms with Gasteiger partial charge in [-0.1, -0.05) is 98.8 Å². The highest BCUT2D eigenvalue weighted by Crippen LogP contribution is 2.34. The zero-order valence-electron chi connectivity index (χ0n) is 20.9. The maximum atomic E-state index is 9.64. The Bertz CT molecular complexity index is 520. The van der Waals surface area contributed by atoms with Gasteiger partial charge in [0, 0.05) is 5.56 Å². The Morgan fingerprint density at radius 1 is 0.667 bits per heavy atom. The molecule has 0 unspecified atom stereocenters. The maximum absolute atomic E-state index is 9.64. The Labute approximate surface area is 192 Å². The van der Waals surface area contributed by atoms with Crippen LogP contribution >= 0.6 is 11.8 Å². The van der Waals surface area contributed by atoms with E-state index in [9.17, 15) is 10.2 Å². The fourth-order valence-corrected chi connectivity index (χ4v) is 4.43. The van der Waals surface area contributed by atoms with E-state index in [4.69, 9.17) is 0 Å². The number of aryl methyl sites for hydroxylation is 1. The van der Waals surface area contributed by atoms with Gasteiger partial charge in [-0.05, 0) is 54.4 Å². The quantitative estimate of drug-likeness (QED) is 0.225. The standard InChI is InChI=1S/C16H34S.C11H16O2/c1-3-5-7-8-9-10-11-12-13-14-16-17-15-6-4-2;1-7-5-10(13)8(6-9(7)12)11(2,3)4/h3-16H2,1-2H3;5-6,12-13H,1-4H3. The zero-order chi connectivity index (χ0) is 22.8. The lowest BCUT2D eigenvalue weighted by Crippen LogP contribution is -2.11. The predicted octanol–water partition coefficient (Wildman–Crippen LogP) is 9.14. The van der Waals surface area contributed by atoms with Crippen LogP contribution in [0.5, 0.6) is 11.5 Å². The van der Waals surface area contributed by atoms with Crippen molar-refractivity contribution >= 4 is 11.8 Å². The van der Waals surface area contributed by atoms with Gasteiger partial charge in [-0.15, -0.1) is 0 Å². The number of rotatable bonds is 14. The Balaban J connectivity index is 0.000000579. The van der Waals surface area contributed by atoms with E-state index in [1.54, 1.807) is 19.1 Å². The third-order valence-electron chi connectivity index (χ3n) is 5.41. The van der Waals surface area contributed by atoms with Gasteiger partial charge < -0.3 is 10.2 Å². The van der Waals surface area contributed by atoms with E-state index in [1.165, 1.54) is 88.6 Å². The molecule has 2 N–H and O–H groups in total. The van der Waals surface area contributed by atoms with Gasteiger partial charge in [-0.2, -0.15) is 11.8 Å². The summed E-state index contributed by atoms with van der Waals surface area (Å²) in [5, 5.41) is 19.1. The number of phenolic OH excluding ortho intramolecular Hbond substituents is 2. The largest absolute Gasteiger partial charge is 0.508 e. The Hall–Kier alpha value is -0.830. The first-order chi connectivity index (χ1) is 14.2. The first-order valence-electron chi connectivity index (χ1n) is 12.3. The fraction of sp³-hybridized carbons (Fsp3) is 0.778. The molecular weight excluding hydrogens is 388 g/mol. The molecule has 1 aromatic carbocycles. The first-order valence-corrected chi connectivity index (χ1v) is 13.5. The van der Waals surface area contributed by atoms with Crippen LogP contribution in [0.25, 0.3) is 0 Å². The average Bonchev–Trinajstić information content (AvgIpc) is 2.68. The molecule has 0 heterocycles. The van der Waals surface area contributed by atoms with Gasteiger partial charge >= 0.3 is 0 Å². The highest BCUT2D eigenvalue weighted by atomic mass is 32.2. The third kappa shape index (κ3) is 15.0. The second-order valence-corrected chi connectivity index (χ2v) is 10.8. The van der Waals surface area contributed by atoms with Crippen molar-refractivity contribution in [1.82, 2.24) is 0 Å². The number of thioether (sulfide) groups is 1. The molecule has 1 rings (SSSR count). The summed E-state index contributed by atoms with van der Waals surface area (Å²) >= 11 is 2.16. The topological polar surface area (TPSA) is 40.5 Å². The first kappa shape index (κ1) is 29.2. The van der Waals surface area contributed by atoms with Crippen molar-refractivity contribution in [3.8, 4) is 11.5 Å². The van der Waals surface area contributed by atoms with Crippen molar-refractivity contribution in [3.05, 3.63) is 23.3 Å². The number of hydrogen-bond donors (Lipinski definition) is 2. The second-order valence-electron chi connectivity index (χ2n) is 9.55. The molecule has 3 heteroatoms. The van der Waals surface area contributed by atoms with E-state index >= 15 is 0 Å². The lowest BCUT2D eigenvalue weighted by molar-refractivity contribution is 0.433. The molecular formula is C27H50O2S. The smallest absolute Gasteiger partial charge is 0.119 e. The van der Waals surface area contributed by atoms with Gasteiger partial charge in [0.1, 0.15) is 11.5 Å². The van der Waals surface area contributed by atoms with Crippen molar-refractivity contribution in [2.24, 2.45) is 0 Å². The minimum absolute atomic E-state index is 0.144. The summed E-state index contributed by atoms with van der Waals surface area (Å²) in [6.45, 7) is 12.3. The molecule has 176 valence electrons. The Kier molecular flexibility index (Phi) is 17.3. The summed E-state index contributed by atoms with van der Waals surface area (Å²) in [7, 11) is 0. The highest BCUT2D eigenvalue weighted by Gasteiger charge is 2.19. The fourth-order valence-electron chi connectivity index (χ4n) is 3.32. The van der Waals surface area contributed by atoms with Gasteiger partial charge in [-0.3, -0.25) is 0 Å². The summed E-state index contributed by atoms with van der Waals surface area (Å²) in [6, 6.07) is 3.22. The second kappa shape index (κ2) is 17.8. The Morgan fingerprint density at radius 2 is 1.13 bits per heavy atom. The van der Waals surface area contributed by atoms with Crippen LogP contribution in [0.3, 0.4) is 0 Å². The molecule has 0 aromatic heterocycles. The molecule has 0 bridgehead atoms. The summed E-state index contributed by atoms with van der Waals surface area (Å²) in [6.07, 6.45) is 17.3. The van der Waals surface area contributed by atoms with Crippen LogP contribution in [-0.2, 0) is 5.41 Å². The normalized spacial score (nSPS) is 11.3. The minimum Gasteiger partial charge on any atom is -0.508 e. The van der Waals surface area contributed by atoms with Crippen LogP contribution in [0.4, 0.5) is 0 Å². The number of aromatic hydroxyl groups is 2. The van der Waals surface area contributed by atoms with Gasteiger partial charge in [0.25, 0.3) is 0 Å². The number of unbranched alkanes of at least 4 members (excludes halogenated alkanes) is 10. The summed E-state index contributed by atoms with van der Waals surface area (Å²) < 4.78 is 0. The lowest BCUT2D eigenvalue weighted by Gasteiger charge is -2.21.